The minimum Gasteiger partial charge on any atom is -0.445 e. The predicted octanol–water partition coefficient (Wildman–Crippen LogP) is 0.0536. The molecule has 1 aliphatic carbocycles. The van der Waals surface area contributed by atoms with Gasteiger partial charge in [0.2, 0.25) is 0 Å². The zero-order valence-electron chi connectivity index (χ0n) is 10.3. The van der Waals surface area contributed by atoms with Crippen molar-refractivity contribution < 1.29 is 64.3 Å². The average molecular weight is 259 g/mol. The predicted molar refractivity (Wildman–Crippen MR) is 57.7 cm³/mol. The standard InChI is InChI=1S/C10H18BF3N.K/c1-8(2)15(7-10-4-5-10)6-9(3)11(12,13)14;/h8,10H,3-7H2,1-2H3;/q-1;+1. The van der Waals surface area contributed by atoms with Gasteiger partial charge in [0.1, 0.15) is 0 Å². The van der Waals surface area contributed by atoms with Crippen LogP contribution in [0.2, 0.25) is 0 Å². The van der Waals surface area contributed by atoms with Crippen LogP contribution in [0.4, 0.5) is 12.9 Å². The van der Waals surface area contributed by atoms with Gasteiger partial charge >= 0.3 is 58.4 Å². The molecule has 0 aromatic rings. The summed E-state index contributed by atoms with van der Waals surface area (Å²) in [5.41, 5.74) is -0.579. The summed E-state index contributed by atoms with van der Waals surface area (Å²) in [5.74, 6) is 0.612. The molecule has 1 nitrogen and oxygen atoms in total. The molecule has 0 heterocycles. The molecule has 0 saturated heterocycles. The second-order valence-corrected chi connectivity index (χ2v) is 4.70. The molecule has 0 radical (unpaired) electrons. The van der Waals surface area contributed by atoms with E-state index in [4.69, 9.17) is 0 Å². The maximum atomic E-state index is 12.4. The Hall–Kier alpha value is 1.19. The van der Waals surface area contributed by atoms with Crippen LogP contribution in [0, 0.1) is 5.92 Å². The van der Waals surface area contributed by atoms with Gasteiger partial charge in [0.15, 0.2) is 0 Å². The first-order valence-electron chi connectivity index (χ1n) is 5.42. The maximum Gasteiger partial charge on any atom is 1.00 e. The third-order valence-electron chi connectivity index (χ3n) is 2.79. The van der Waals surface area contributed by atoms with Crippen LogP contribution in [0.15, 0.2) is 12.1 Å². The Bertz CT molecular complexity index is 239. The topological polar surface area (TPSA) is 3.24 Å². The smallest absolute Gasteiger partial charge is 0.445 e. The first-order valence-corrected chi connectivity index (χ1v) is 5.42. The molecule has 0 atom stereocenters. The molecule has 1 rings (SSSR count). The molecule has 0 aromatic carbocycles. The van der Waals surface area contributed by atoms with E-state index in [1.54, 1.807) is 0 Å². The summed E-state index contributed by atoms with van der Waals surface area (Å²) in [6.45, 7) is 2.87. The minimum absolute atomic E-state index is 0. The third-order valence-corrected chi connectivity index (χ3v) is 2.79. The van der Waals surface area contributed by atoms with Crippen LogP contribution in [0.5, 0.6) is 0 Å². The number of halogens is 3. The van der Waals surface area contributed by atoms with Crippen LogP contribution in [-0.4, -0.2) is 31.0 Å². The summed E-state index contributed by atoms with van der Waals surface area (Å²) >= 11 is 0. The molecule has 0 spiro atoms. The van der Waals surface area contributed by atoms with Crippen molar-refractivity contribution in [2.24, 2.45) is 5.92 Å². The van der Waals surface area contributed by atoms with E-state index in [1.807, 2.05) is 18.7 Å². The van der Waals surface area contributed by atoms with E-state index in [0.29, 0.717) is 5.92 Å². The number of rotatable bonds is 6. The Balaban J connectivity index is 0.00000225. The summed E-state index contributed by atoms with van der Waals surface area (Å²) in [5, 5.41) is 0. The fourth-order valence-corrected chi connectivity index (χ4v) is 1.45. The molecule has 0 aromatic heterocycles. The van der Waals surface area contributed by atoms with Crippen molar-refractivity contribution in [3.63, 3.8) is 0 Å². The first kappa shape index (κ1) is 17.2. The second-order valence-electron chi connectivity index (χ2n) is 4.70. The van der Waals surface area contributed by atoms with E-state index >= 15 is 0 Å². The van der Waals surface area contributed by atoms with Crippen molar-refractivity contribution in [3.05, 3.63) is 12.1 Å². The zero-order valence-corrected chi connectivity index (χ0v) is 13.5. The van der Waals surface area contributed by atoms with Gasteiger partial charge in [-0.25, -0.2) is 0 Å². The van der Waals surface area contributed by atoms with E-state index in [0.717, 1.165) is 19.4 Å². The minimum atomic E-state index is -4.88. The van der Waals surface area contributed by atoms with Gasteiger partial charge in [0.25, 0.3) is 0 Å². The molecule has 0 N–H and O–H groups in total. The van der Waals surface area contributed by atoms with Gasteiger partial charge < -0.3 is 12.9 Å². The van der Waals surface area contributed by atoms with Gasteiger partial charge in [0, 0.05) is 12.6 Å². The first-order chi connectivity index (χ1) is 6.80. The number of hydrogen-bond acceptors (Lipinski definition) is 1. The zero-order chi connectivity index (χ0) is 11.6. The molecule has 0 bridgehead atoms. The van der Waals surface area contributed by atoms with Crippen molar-refractivity contribution >= 4 is 6.98 Å². The van der Waals surface area contributed by atoms with E-state index in [1.165, 1.54) is 0 Å². The molecule has 0 unspecified atom stereocenters. The summed E-state index contributed by atoms with van der Waals surface area (Å²) in [6, 6.07) is 0.153. The van der Waals surface area contributed by atoms with Crippen LogP contribution in [0.3, 0.4) is 0 Å². The van der Waals surface area contributed by atoms with Gasteiger partial charge in [-0.3, -0.25) is 4.90 Å². The van der Waals surface area contributed by atoms with E-state index in [-0.39, 0.29) is 64.0 Å². The van der Waals surface area contributed by atoms with Crippen LogP contribution in [0.1, 0.15) is 26.7 Å². The monoisotopic (exact) mass is 259 g/mol. The van der Waals surface area contributed by atoms with Gasteiger partial charge in [0.05, 0.1) is 0 Å². The number of hydrogen-bond donors (Lipinski definition) is 0. The summed E-state index contributed by atoms with van der Waals surface area (Å²) < 4.78 is 37.1. The molecule has 0 aliphatic heterocycles. The van der Waals surface area contributed by atoms with Crippen molar-refractivity contribution in [2.75, 3.05) is 13.1 Å². The molecule has 1 fully saturated rings. The van der Waals surface area contributed by atoms with E-state index < -0.39 is 12.4 Å². The SMILES string of the molecule is C=C(CN(CC1CC1)C(C)C)[B-](F)(F)F.[K+]. The Kier molecular flexibility index (Phi) is 7.46. The normalized spacial score (nSPS) is 16.4. The summed E-state index contributed by atoms with van der Waals surface area (Å²) in [4.78, 5) is 1.87. The summed E-state index contributed by atoms with van der Waals surface area (Å²) in [7, 11) is 0. The molecular formula is C10H18BF3KN. The Morgan fingerprint density at radius 1 is 1.38 bits per heavy atom. The van der Waals surface area contributed by atoms with Crippen molar-refractivity contribution in [1.82, 2.24) is 4.90 Å². The van der Waals surface area contributed by atoms with Gasteiger partial charge in [-0.1, -0.05) is 0 Å². The third kappa shape index (κ3) is 6.21. The second kappa shape index (κ2) is 6.95. The molecule has 1 aliphatic rings. The van der Waals surface area contributed by atoms with Gasteiger partial charge in [-0.2, -0.15) is 0 Å². The number of nitrogens with zero attached hydrogens (tertiary/aromatic N) is 1. The fourth-order valence-electron chi connectivity index (χ4n) is 1.45. The molecule has 6 heteroatoms. The molecule has 0 amide bonds. The molecule has 16 heavy (non-hydrogen) atoms. The van der Waals surface area contributed by atoms with E-state index in [9.17, 15) is 12.9 Å². The molecule has 88 valence electrons. The maximum absolute atomic E-state index is 12.4. The average Bonchev–Trinajstić information content (AvgIpc) is 2.84. The van der Waals surface area contributed by atoms with Gasteiger partial charge in [-0.05, 0) is 39.2 Å². The fraction of sp³-hybridized carbons (Fsp3) is 0.800. The van der Waals surface area contributed by atoms with E-state index in [2.05, 4.69) is 6.58 Å². The Morgan fingerprint density at radius 2 is 1.88 bits per heavy atom. The molecule has 1 saturated carbocycles. The van der Waals surface area contributed by atoms with Crippen LogP contribution in [0.25, 0.3) is 0 Å². The quantitative estimate of drug-likeness (QED) is 0.609. The molecular weight excluding hydrogens is 241 g/mol. The largest absolute Gasteiger partial charge is 1.00 e. The Labute approximate surface area is 138 Å². The van der Waals surface area contributed by atoms with Crippen molar-refractivity contribution in [3.8, 4) is 0 Å². The summed E-state index contributed by atoms with van der Waals surface area (Å²) in [6.07, 6.45) is 2.32. The van der Waals surface area contributed by atoms with Crippen molar-refractivity contribution in [1.29, 1.82) is 0 Å². The van der Waals surface area contributed by atoms with Crippen LogP contribution >= 0.6 is 0 Å². The van der Waals surface area contributed by atoms with Crippen LogP contribution in [-0.2, 0) is 0 Å². The Morgan fingerprint density at radius 3 is 2.19 bits per heavy atom. The van der Waals surface area contributed by atoms with Crippen LogP contribution < -0.4 is 51.4 Å². The van der Waals surface area contributed by atoms with Crippen molar-refractivity contribution in [2.45, 2.75) is 32.7 Å². The van der Waals surface area contributed by atoms with Gasteiger partial charge in [-0.15, -0.1) is 12.1 Å².